The van der Waals surface area contributed by atoms with Gasteiger partial charge in [0.2, 0.25) is 0 Å². The zero-order valence-electron chi connectivity index (χ0n) is 9.12. The Hall–Kier alpha value is -0.920. The third-order valence-electron chi connectivity index (χ3n) is 2.36. The van der Waals surface area contributed by atoms with Crippen molar-refractivity contribution >= 4 is 0 Å². The molecule has 1 aromatic carbocycles. The average Bonchev–Trinajstić information content (AvgIpc) is 2.01. The zero-order chi connectivity index (χ0) is 10.9. The third kappa shape index (κ3) is 2.11. The van der Waals surface area contributed by atoms with Gasteiger partial charge in [-0.3, -0.25) is 0 Å². The minimum absolute atomic E-state index is 0.179. The van der Waals surface area contributed by atoms with Crippen LogP contribution in [0.3, 0.4) is 0 Å². The molecule has 1 rings (SSSR count). The van der Waals surface area contributed by atoms with Gasteiger partial charge >= 0.3 is 0 Å². The second-order valence-electron chi connectivity index (χ2n) is 4.52. The van der Waals surface area contributed by atoms with Crippen LogP contribution >= 0.6 is 0 Å². The van der Waals surface area contributed by atoms with Crippen molar-refractivity contribution in [3.05, 3.63) is 34.9 Å². The fourth-order valence-electron chi connectivity index (χ4n) is 1.37. The molecule has 0 saturated carbocycles. The molecule has 0 amide bonds. The highest BCUT2D eigenvalue weighted by molar-refractivity contribution is 5.30. The first-order valence-electron chi connectivity index (χ1n) is 4.84. The summed E-state index contributed by atoms with van der Waals surface area (Å²) in [5.41, 5.74) is 0.663. The van der Waals surface area contributed by atoms with E-state index in [9.17, 15) is 8.78 Å². The molecular formula is C12H16F2. The molecule has 0 nitrogen and oxygen atoms in total. The molecule has 0 aromatic heterocycles. The fourth-order valence-corrected chi connectivity index (χ4v) is 1.37. The van der Waals surface area contributed by atoms with Crippen molar-refractivity contribution in [2.24, 2.45) is 0 Å². The monoisotopic (exact) mass is 198 g/mol. The van der Waals surface area contributed by atoms with E-state index in [1.807, 2.05) is 20.8 Å². The number of halogens is 2. The molecule has 14 heavy (non-hydrogen) atoms. The van der Waals surface area contributed by atoms with E-state index in [1.54, 1.807) is 6.92 Å². The molecule has 0 radical (unpaired) electrons. The molecule has 0 unspecified atom stereocenters. The summed E-state index contributed by atoms with van der Waals surface area (Å²) in [7, 11) is 0. The lowest BCUT2D eigenvalue weighted by atomic mass is 9.86. The molecule has 0 N–H and O–H groups in total. The van der Waals surface area contributed by atoms with E-state index in [0.29, 0.717) is 12.0 Å². The number of benzene rings is 1. The van der Waals surface area contributed by atoms with Gasteiger partial charge in [0.1, 0.15) is 11.6 Å². The second-order valence-corrected chi connectivity index (χ2v) is 4.52. The zero-order valence-corrected chi connectivity index (χ0v) is 9.12. The molecule has 0 aliphatic carbocycles. The summed E-state index contributed by atoms with van der Waals surface area (Å²) in [6, 6.07) is 2.86. The predicted octanol–water partition coefficient (Wildman–Crippen LogP) is 3.82. The Morgan fingerprint density at radius 1 is 1.07 bits per heavy atom. The topological polar surface area (TPSA) is 0 Å². The Bertz CT molecular complexity index is 312. The van der Waals surface area contributed by atoms with Gasteiger partial charge < -0.3 is 0 Å². The first-order chi connectivity index (χ1) is 6.36. The average molecular weight is 198 g/mol. The minimum atomic E-state index is -0.433. The molecular weight excluding hydrogens is 182 g/mol. The highest BCUT2D eigenvalue weighted by atomic mass is 19.1. The van der Waals surface area contributed by atoms with Gasteiger partial charge in [0.05, 0.1) is 0 Å². The van der Waals surface area contributed by atoms with Crippen molar-refractivity contribution in [3.8, 4) is 0 Å². The molecule has 0 fully saturated rings. The highest BCUT2D eigenvalue weighted by Crippen LogP contribution is 2.26. The van der Waals surface area contributed by atoms with Crippen molar-refractivity contribution in [2.75, 3.05) is 0 Å². The van der Waals surface area contributed by atoms with Gasteiger partial charge in [-0.2, -0.15) is 0 Å². The lowest BCUT2D eigenvalue weighted by Gasteiger charge is -2.20. The molecule has 0 aliphatic rings. The maximum atomic E-state index is 13.4. The number of rotatable bonds is 1. The Labute approximate surface area is 84.0 Å². The van der Waals surface area contributed by atoms with Crippen molar-refractivity contribution < 1.29 is 8.78 Å². The Balaban J connectivity index is 3.28. The molecule has 0 spiro atoms. The summed E-state index contributed by atoms with van der Waals surface area (Å²) >= 11 is 0. The van der Waals surface area contributed by atoms with Gasteiger partial charge in [-0.25, -0.2) is 8.78 Å². The van der Waals surface area contributed by atoms with Gasteiger partial charge in [-0.1, -0.05) is 27.7 Å². The van der Waals surface area contributed by atoms with E-state index < -0.39 is 11.6 Å². The first kappa shape index (κ1) is 11.2. The first-order valence-corrected chi connectivity index (χ1v) is 4.84. The molecule has 0 aliphatic heterocycles. The van der Waals surface area contributed by atoms with Crippen LogP contribution in [0.5, 0.6) is 0 Å². The SMILES string of the molecule is CCc1c(F)cc(C(C)(C)C)cc1F. The van der Waals surface area contributed by atoms with Crippen molar-refractivity contribution in [2.45, 2.75) is 39.5 Å². The van der Waals surface area contributed by atoms with Gasteiger partial charge in [0.25, 0.3) is 0 Å². The minimum Gasteiger partial charge on any atom is -0.207 e. The van der Waals surface area contributed by atoms with Crippen LogP contribution in [-0.2, 0) is 11.8 Å². The lowest BCUT2D eigenvalue weighted by molar-refractivity contribution is 0.530. The number of hydrogen-bond acceptors (Lipinski definition) is 0. The van der Waals surface area contributed by atoms with Crippen LogP contribution in [0.25, 0.3) is 0 Å². The molecule has 2 heteroatoms. The number of hydrogen-bond donors (Lipinski definition) is 0. The molecule has 0 heterocycles. The summed E-state index contributed by atoms with van der Waals surface area (Å²) in [6.45, 7) is 7.56. The Morgan fingerprint density at radius 3 is 1.79 bits per heavy atom. The molecule has 78 valence electrons. The van der Waals surface area contributed by atoms with Crippen molar-refractivity contribution in [1.82, 2.24) is 0 Å². The molecule has 1 aromatic rings. The molecule has 0 bridgehead atoms. The van der Waals surface area contributed by atoms with Crippen LogP contribution in [-0.4, -0.2) is 0 Å². The second kappa shape index (κ2) is 3.68. The van der Waals surface area contributed by atoms with Gasteiger partial charge in [-0.15, -0.1) is 0 Å². The normalized spacial score (nSPS) is 11.9. The van der Waals surface area contributed by atoms with E-state index in [1.165, 1.54) is 12.1 Å². The fraction of sp³-hybridized carbons (Fsp3) is 0.500. The van der Waals surface area contributed by atoms with Crippen molar-refractivity contribution in [3.63, 3.8) is 0 Å². The smallest absolute Gasteiger partial charge is 0.129 e. The summed E-state index contributed by atoms with van der Waals surface area (Å²) in [5.74, 6) is -0.866. The van der Waals surface area contributed by atoms with Gasteiger partial charge in [-0.05, 0) is 29.5 Å². The third-order valence-corrected chi connectivity index (χ3v) is 2.36. The summed E-state index contributed by atoms with van der Waals surface area (Å²) in [6.07, 6.45) is 0.391. The Morgan fingerprint density at radius 2 is 1.50 bits per heavy atom. The van der Waals surface area contributed by atoms with E-state index in [4.69, 9.17) is 0 Å². The molecule has 0 saturated heterocycles. The Kier molecular flexibility index (Phi) is 2.93. The van der Waals surface area contributed by atoms with E-state index in [2.05, 4.69) is 0 Å². The maximum absolute atomic E-state index is 13.4. The maximum Gasteiger partial charge on any atom is 0.129 e. The predicted molar refractivity (Wildman–Crippen MR) is 54.4 cm³/mol. The van der Waals surface area contributed by atoms with E-state index in [-0.39, 0.29) is 11.0 Å². The largest absolute Gasteiger partial charge is 0.207 e. The van der Waals surface area contributed by atoms with Gasteiger partial charge in [0.15, 0.2) is 0 Å². The van der Waals surface area contributed by atoms with Crippen LogP contribution in [0, 0.1) is 11.6 Å². The van der Waals surface area contributed by atoms with Gasteiger partial charge in [0, 0.05) is 5.56 Å². The van der Waals surface area contributed by atoms with E-state index in [0.717, 1.165) is 0 Å². The highest BCUT2D eigenvalue weighted by Gasteiger charge is 2.18. The van der Waals surface area contributed by atoms with Crippen molar-refractivity contribution in [1.29, 1.82) is 0 Å². The summed E-state index contributed by atoms with van der Waals surface area (Å²) < 4.78 is 26.8. The van der Waals surface area contributed by atoms with E-state index >= 15 is 0 Å². The van der Waals surface area contributed by atoms with Crippen LogP contribution in [0.1, 0.15) is 38.8 Å². The van der Waals surface area contributed by atoms with Crippen LogP contribution < -0.4 is 0 Å². The standard InChI is InChI=1S/C12H16F2/c1-5-9-10(13)6-8(7-11(9)14)12(2,3)4/h6-7H,5H2,1-4H3. The lowest BCUT2D eigenvalue weighted by Crippen LogP contribution is -2.13. The van der Waals surface area contributed by atoms with Crippen LogP contribution in [0.2, 0.25) is 0 Å². The summed E-state index contributed by atoms with van der Waals surface area (Å²) in [4.78, 5) is 0. The molecule has 0 atom stereocenters. The van der Waals surface area contributed by atoms with Crippen LogP contribution in [0.15, 0.2) is 12.1 Å². The summed E-state index contributed by atoms with van der Waals surface area (Å²) in [5, 5.41) is 0. The quantitative estimate of drug-likeness (QED) is 0.643. The van der Waals surface area contributed by atoms with Crippen LogP contribution in [0.4, 0.5) is 8.78 Å².